The highest BCUT2D eigenvalue weighted by Crippen LogP contribution is 2.25. The second-order valence-corrected chi connectivity index (χ2v) is 7.07. The number of carbonyl (C=O) groups is 1. The molecule has 1 amide bonds. The van der Waals surface area contributed by atoms with E-state index in [1.165, 1.54) is 17.3 Å². The Hall–Kier alpha value is -1.98. The Labute approximate surface area is 160 Å². The zero-order valence-corrected chi connectivity index (χ0v) is 16.6. The van der Waals surface area contributed by atoms with Gasteiger partial charge in [0.2, 0.25) is 5.91 Å². The predicted octanol–water partition coefficient (Wildman–Crippen LogP) is 4.45. The van der Waals surface area contributed by atoms with E-state index in [0.29, 0.717) is 18.1 Å². The van der Waals surface area contributed by atoms with Gasteiger partial charge in [-0.1, -0.05) is 43.7 Å². The summed E-state index contributed by atoms with van der Waals surface area (Å²) in [5.41, 5.74) is 1.94. The predicted molar refractivity (Wildman–Crippen MR) is 110 cm³/mol. The smallest absolute Gasteiger partial charge is 0.234 e. The number of rotatable bonds is 10. The van der Waals surface area contributed by atoms with Crippen LogP contribution in [0.3, 0.4) is 0 Å². The maximum absolute atomic E-state index is 12.3. The number of nitrogens with one attached hydrogen (secondary N) is 1. The Balaban J connectivity index is 1.86. The zero-order valence-electron chi connectivity index (χ0n) is 15.8. The van der Waals surface area contributed by atoms with Gasteiger partial charge in [-0.2, -0.15) is 0 Å². The van der Waals surface area contributed by atoms with Gasteiger partial charge in [0.05, 0.1) is 11.4 Å². The lowest BCUT2D eigenvalue weighted by atomic mass is 10.2. The first-order valence-corrected chi connectivity index (χ1v) is 10.0. The van der Waals surface area contributed by atoms with Crippen molar-refractivity contribution < 1.29 is 9.53 Å². The first-order chi connectivity index (χ1) is 12.6. The van der Waals surface area contributed by atoms with Crippen molar-refractivity contribution in [2.24, 2.45) is 0 Å². The van der Waals surface area contributed by atoms with E-state index < -0.39 is 0 Å². The van der Waals surface area contributed by atoms with Crippen LogP contribution in [-0.4, -0.2) is 42.8 Å². The Kier molecular flexibility index (Phi) is 8.51. The lowest BCUT2D eigenvalue weighted by molar-refractivity contribution is -0.113. The fourth-order valence-electron chi connectivity index (χ4n) is 2.49. The molecule has 0 radical (unpaired) electrons. The summed E-state index contributed by atoms with van der Waals surface area (Å²) in [6.07, 6.45) is 0. The minimum atomic E-state index is -0.0321. The largest absolute Gasteiger partial charge is 0.490 e. The zero-order chi connectivity index (χ0) is 18.8. The van der Waals surface area contributed by atoms with E-state index in [9.17, 15) is 4.79 Å². The molecule has 0 saturated heterocycles. The van der Waals surface area contributed by atoms with Crippen molar-refractivity contribution in [2.45, 2.75) is 25.7 Å². The summed E-state index contributed by atoms with van der Waals surface area (Å²) >= 11 is 1.53. The van der Waals surface area contributed by atoms with E-state index in [0.717, 1.165) is 30.2 Å². The molecule has 2 aromatic carbocycles. The maximum Gasteiger partial charge on any atom is 0.234 e. The number of thioether (sulfide) groups is 1. The normalized spacial score (nSPS) is 10.8. The van der Waals surface area contributed by atoms with Crippen molar-refractivity contribution in [2.75, 3.05) is 37.3 Å². The number of anilines is 1. The maximum atomic E-state index is 12.3. The summed E-state index contributed by atoms with van der Waals surface area (Å²) in [6, 6.07) is 15.8. The van der Waals surface area contributed by atoms with Gasteiger partial charge in [-0.25, -0.2) is 0 Å². The highest BCUT2D eigenvalue weighted by Gasteiger charge is 2.09. The van der Waals surface area contributed by atoms with Gasteiger partial charge in [-0.3, -0.25) is 4.79 Å². The Morgan fingerprint density at radius 3 is 2.46 bits per heavy atom. The number of amides is 1. The van der Waals surface area contributed by atoms with Gasteiger partial charge in [0, 0.05) is 11.4 Å². The molecule has 5 heteroatoms. The lowest BCUT2D eigenvalue weighted by Crippen LogP contribution is -2.28. The molecular formula is C21H28N2O2S. The molecule has 0 heterocycles. The average molecular weight is 373 g/mol. The molecule has 0 aliphatic carbocycles. The number of likely N-dealkylation sites (N-methyl/N-ethyl adjacent to an activating group) is 1. The van der Waals surface area contributed by atoms with Crippen LogP contribution in [0.15, 0.2) is 53.4 Å². The molecule has 0 unspecified atom stereocenters. The van der Waals surface area contributed by atoms with Crippen LogP contribution in [0.4, 0.5) is 5.69 Å². The molecule has 2 rings (SSSR count). The number of hydrogen-bond acceptors (Lipinski definition) is 4. The number of nitrogens with zero attached hydrogens (tertiary/aromatic N) is 1. The Morgan fingerprint density at radius 1 is 1.08 bits per heavy atom. The van der Waals surface area contributed by atoms with Gasteiger partial charge in [0.25, 0.3) is 0 Å². The van der Waals surface area contributed by atoms with E-state index in [2.05, 4.69) is 43.1 Å². The van der Waals surface area contributed by atoms with Gasteiger partial charge in [-0.15, -0.1) is 11.8 Å². The monoisotopic (exact) mass is 372 g/mol. The SMILES string of the molecule is CCN(CC)CCOc1ccccc1NC(=O)CSc1ccc(C)cc1. The summed E-state index contributed by atoms with van der Waals surface area (Å²) in [5, 5.41) is 2.96. The van der Waals surface area contributed by atoms with Gasteiger partial charge in [-0.05, 0) is 44.3 Å². The van der Waals surface area contributed by atoms with E-state index in [1.807, 2.05) is 36.4 Å². The molecule has 0 aliphatic rings. The van der Waals surface area contributed by atoms with Gasteiger partial charge in [0.15, 0.2) is 0 Å². The fraction of sp³-hybridized carbons (Fsp3) is 0.381. The van der Waals surface area contributed by atoms with Crippen LogP contribution in [0, 0.1) is 6.92 Å². The van der Waals surface area contributed by atoms with Crippen molar-refractivity contribution in [1.82, 2.24) is 4.90 Å². The quantitative estimate of drug-likeness (QED) is 0.626. The molecule has 0 fully saturated rings. The molecule has 0 bridgehead atoms. The summed E-state index contributed by atoms with van der Waals surface area (Å²) in [6.45, 7) is 9.83. The summed E-state index contributed by atoms with van der Waals surface area (Å²) < 4.78 is 5.88. The molecule has 0 spiro atoms. The molecule has 0 aliphatic heterocycles. The minimum Gasteiger partial charge on any atom is -0.490 e. The van der Waals surface area contributed by atoms with Crippen molar-refractivity contribution in [1.29, 1.82) is 0 Å². The molecule has 0 atom stereocenters. The molecule has 26 heavy (non-hydrogen) atoms. The first kappa shape index (κ1) is 20.3. The molecule has 140 valence electrons. The number of ether oxygens (including phenoxy) is 1. The first-order valence-electron chi connectivity index (χ1n) is 9.05. The van der Waals surface area contributed by atoms with Gasteiger partial charge < -0.3 is 15.0 Å². The Morgan fingerprint density at radius 2 is 1.77 bits per heavy atom. The number of benzene rings is 2. The second kappa shape index (κ2) is 10.9. The average Bonchev–Trinajstić information content (AvgIpc) is 2.66. The Bertz CT molecular complexity index is 685. The minimum absolute atomic E-state index is 0.0321. The fourth-order valence-corrected chi connectivity index (χ4v) is 3.19. The third kappa shape index (κ3) is 6.73. The van der Waals surface area contributed by atoms with Crippen LogP contribution >= 0.6 is 11.8 Å². The van der Waals surface area contributed by atoms with Crippen LogP contribution in [-0.2, 0) is 4.79 Å². The van der Waals surface area contributed by atoms with Crippen LogP contribution in [0.25, 0.3) is 0 Å². The van der Waals surface area contributed by atoms with E-state index in [-0.39, 0.29) is 5.91 Å². The summed E-state index contributed by atoms with van der Waals surface area (Å²) in [7, 11) is 0. The summed E-state index contributed by atoms with van der Waals surface area (Å²) in [5.74, 6) is 1.06. The van der Waals surface area contributed by atoms with Crippen LogP contribution < -0.4 is 10.1 Å². The number of para-hydroxylation sites is 2. The topological polar surface area (TPSA) is 41.6 Å². The van der Waals surface area contributed by atoms with Crippen LogP contribution in [0.1, 0.15) is 19.4 Å². The van der Waals surface area contributed by atoms with Crippen molar-refractivity contribution >= 4 is 23.4 Å². The third-order valence-electron chi connectivity index (χ3n) is 4.11. The third-order valence-corrected chi connectivity index (χ3v) is 5.12. The standard InChI is InChI=1S/C21H28N2O2S/c1-4-23(5-2)14-15-25-20-9-7-6-8-19(20)22-21(24)16-26-18-12-10-17(3)11-13-18/h6-13H,4-5,14-16H2,1-3H3,(H,22,24). The molecule has 4 nitrogen and oxygen atoms in total. The molecule has 0 saturated carbocycles. The number of hydrogen-bond donors (Lipinski definition) is 1. The summed E-state index contributed by atoms with van der Waals surface area (Å²) in [4.78, 5) is 15.7. The van der Waals surface area contributed by atoms with Gasteiger partial charge >= 0.3 is 0 Å². The van der Waals surface area contributed by atoms with E-state index in [1.54, 1.807) is 0 Å². The van der Waals surface area contributed by atoms with Crippen molar-refractivity contribution in [3.05, 3.63) is 54.1 Å². The highest BCUT2D eigenvalue weighted by molar-refractivity contribution is 8.00. The van der Waals surface area contributed by atoms with Crippen LogP contribution in [0.2, 0.25) is 0 Å². The van der Waals surface area contributed by atoms with E-state index in [4.69, 9.17) is 4.74 Å². The molecule has 2 aromatic rings. The number of carbonyl (C=O) groups excluding carboxylic acids is 1. The van der Waals surface area contributed by atoms with Crippen molar-refractivity contribution in [3.8, 4) is 5.75 Å². The number of aryl methyl sites for hydroxylation is 1. The molecule has 1 N–H and O–H groups in total. The van der Waals surface area contributed by atoms with Crippen molar-refractivity contribution in [3.63, 3.8) is 0 Å². The van der Waals surface area contributed by atoms with Crippen LogP contribution in [0.5, 0.6) is 5.75 Å². The van der Waals surface area contributed by atoms with E-state index >= 15 is 0 Å². The molecular weight excluding hydrogens is 344 g/mol. The lowest BCUT2D eigenvalue weighted by Gasteiger charge is -2.19. The highest BCUT2D eigenvalue weighted by atomic mass is 32.2. The van der Waals surface area contributed by atoms with Gasteiger partial charge in [0.1, 0.15) is 12.4 Å². The molecule has 0 aromatic heterocycles. The second-order valence-electron chi connectivity index (χ2n) is 6.02.